The number of nitriles is 1. The largest absolute Gasteiger partial charge is 0.309 e. The summed E-state index contributed by atoms with van der Waals surface area (Å²) in [7, 11) is 0. The highest BCUT2D eigenvalue weighted by Gasteiger charge is 2.21. The normalized spacial score (nSPS) is 11.6. The number of benzene rings is 9. The van der Waals surface area contributed by atoms with Crippen LogP contribution in [0.4, 0.5) is 5.69 Å². The first-order valence-electron chi connectivity index (χ1n) is 20.4. The van der Waals surface area contributed by atoms with Crippen molar-refractivity contribution in [2.75, 3.05) is 0 Å². The molecule has 0 bridgehead atoms. The molecule has 12 aromatic rings. The van der Waals surface area contributed by atoms with Crippen LogP contribution in [0.3, 0.4) is 0 Å². The van der Waals surface area contributed by atoms with Gasteiger partial charge in [0, 0.05) is 54.8 Å². The molecule has 0 saturated heterocycles. The maximum atomic E-state index is 9.60. The summed E-state index contributed by atoms with van der Waals surface area (Å²) < 4.78 is 7.18. The van der Waals surface area contributed by atoms with Crippen LogP contribution in [0, 0.1) is 17.9 Å². The zero-order valence-electron chi connectivity index (χ0n) is 32.8. The van der Waals surface area contributed by atoms with Gasteiger partial charge in [-0.25, -0.2) is 4.85 Å². The van der Waals surface area contributed by atoms with Crippen LogP contribution in [0.2, 0.25) is 0 Å². The summed E-state index contributed by atoms with van der Waals surface area (Å²) in [5.74, 6) is 0. The quantitative estimate of drug-likeness (QED) is 0.161. The summed E-state index contributed by atoms with van der Waals surface area (Å²) in [4.78, 5) is 3.84. The summed E-state index contributed by atoms with van der Waals surface area (Å²) in [5.41, 5.74) is 14.8. The van der Waals surface area contributed by atoms with Crippen molar-refractivity contribution in [3.05, 3.63) is 217 Å². The van der Waals surface area contributed by atoms with E-state index in [2.05, 4.69) is 201 Å². The number of fused-ring (bicyclic) bond motifs is 9. The average molecular weight is 776 g/mol. The van der Waals surface area contributed by atoms with Gasteiger partial charge in [-0.15, -0.1) is 0 Å². The van der Waals surface area contributed by atoms with Crippen molar-refractivity contribution in [1.29, 1.82) is 5.26 Å². The zero-order valence-corrected chi connectivity index (χ0v) is 32.8. The fourth-order valence-corrected chi connectivity index (χ4v) is 9.62. The fraction of sp³-hybridized carbons (Fsp3) is 0. The van der Waals surface area contributed by atoms with Gasteiger partial charge in [0.15, 0.2) is 5.69 Å². The van der Waals surface area contributed by atoms with Crippen LogP contribution in [-0.2, 0) is 0 Å². The summed E-state index contributed by atoms with van der Waals surface area (Å²) in [6.07, 6.45) is 0. The molecule has 0 aliphatic carbocycles. The first kappa shape index (κ1) is 34.4. The van der Waals surface area contributed by atoms with Crippen molar-refractivity contribution in [3.63, 3.8) is 0 Å². The zero-order chi connectivity index (χ0) is 40.6. The Labute approximate surface area is 351 Å². The minimum atomic E-state index is 0.456. The van der Waals surface area contributed by atoms with E-state index in [1.165, 1.54) is 43.6 Å². The second-order valence-electron chi connectivity index (χ2n) is 15.5. The highest BCUT2D eigenvalue weighted by Crippen LogP contribution is 2.43. The molecule has 5 nitrogen and oxygen atoms in total. The van der Waals surface area contributed by atoms with E-state index in [0.29, 0.717) is 11.3 Å². The minimum absolute atomic E-state index is 0.456. The Hall–Kier alpha value is -8.64. The second kappa shape index (κ2) is 13.5. The molecule has 12 rings (SSSR count). The number of aromatic nitrogens is 3. The van der Waals surface area contributed by atoms with Crippen molar-refractivity contribution in [3.8, 4) is 45.4 Å². The molecule has 0 spiro atoms. The van der Waals surface area contributed by atoms with Crippen LogP contribution < -0.4 is 0 Å². The van der Waals surface area contributed by atoms with Crippen LogP contribution in [0.1, 0.15) is 5.56 Å². The van der Waals surface area contributed by atoms with E-state index in [0.717, 1.165) is 61.1 Å². The third-order valence-corrected chi connectivity index (χ3v) is 12.3. The maximum Gasteiger partial charge on any atom is 0.196 e. The molecule has 61 heavy (non-hydrogen) atoms. The molecule has 0 amide bonds. The van der Waals surface area contributed by atoms with Gasteiger partial charge in [0.25, 0.3) is 0 Å². The maximum absolute atomic E-state index is 9.60. The monoisotopic (exact) mass is 775 g/mol. The number of para-hydroxylation sites is 4. The van der Waals surface area contributed by atoms with E-state index >= 15 is 0 Å². The molecule has 0 saturated carbocycles. The van der Waals surface area contributed by atoms with Gasteiger partial charge < -0.3 is 13.7 Å². The van der Waals surface area contributed by atoms with Crippen LogP contribution >= 0.6 is 0 Å². The summed E-state index contributed by atoms with van der Waals surface area (Å²) >= 11 is 0. The Morgan fingerprint density at radius 1 is 0.377 bits per heavy atom. The lowest BCUT2D eigenvalue weighted by atomic mass is 9.95. The molecule has 0 aliphatic rings. The molecule has 5 heteroatoms. The lowest BCUT2D eigenvalue weighted by Crippen LogP contribution is -1.99. The smallest absolute Gasteiger partial charge is 0.196 e. The third kappa shape index (κ3) is 5.18. The van der Waals surface area contributed by atoms with E-state index in [1.807, 2.05) is 12.1 Å². The lowest BCUT2D eigenvalue weighted by Gasteiger charge is -2.17. The van der Waals surface area contributed by atoms with Crippen molar-refractivity contribution >= 4 is 71.1 Å². The first-order valence-corrected chi connectivity index (χ1v) is 20.4. The van der Waals surface area contributed by atoms with Gasteiger partial charge in [0.1, 0.15) is 0 Å². The van der Waals surface area contributed by atoms with Gasteiger partial charge in [0.2, 0.25) is 0 Å². The number of hydrogen-bond donors (Lipinski definition) is 0. The molecule has 0 N–H and O–H groups in total. The number of rotatable bonds is 5. The number of hydrogen-bond acceptors (Lipinski definition) is 1. The highest BCUT2D eigenvalue weighted by molar-refractivity contribution is 6.14. The Balaban J connectivity index is 1.17. The third-order valence-electron chi connectivity index (χ3n) is 12.3. The van der Waals surface area contributed by atoms with Crippen molar-refractivity contribution in [2.24, 2.45) is 0 Å². The Kier molecular flexibility index (Phi) is 7.59. The van der Waals surface area contributed by atoms with Crippen LogP contribution in [0.5, 0.6) is 0 Å². The van der Waals surface area contributed by atoms with Crippen molar-refractivity contribution in [1.82, 2.24) is 13.7 Å². The van der Waals surface area contributed by atoms with Crippen LogP contribution in [0.25, 0.3) is 110 Å². The molecule has 0 atom stereocenters. The predicted molar refractivity (Wildman–Crippen MR) is 251 cm³/mol. The van der Waals surface area contributed by atoms with Gasteiger partial charge in [0.05, 0.1) is 51.4 Å². The van der Waals surface area contributed by atoms with Gasteiger partial charge in [-0.3, -0.25) is 0 Å². The molecule has 3 heterocycles. The molecule has 0 fully saturated rings. The van der Waals surface area contributed by atoms with E-state index < -0.39 is 0 Å². The Bertz CT molecular complexity index is 3570. The molecular formula is C56H33N5. The van der Waals surface area contributed by atoms with Crippen LogP contribution in [0.15, 0.2) is 200 Å². The lowest BCUT2D eigenvalue weighted by molar-refractivity contribution is 1.16. The fourth-order valence-electron chi connectivity index (χ4n) is 9.62. The van der Waals surface area contributed by atoms with Crippen LogP contribution in [-0.4, -0.2) is 13.7 Å². The number of nitrogens with zero attached hydrogens (tertiary/aromatic N) is 5. The SMILES string of the molecule is [C-]#[N+]c1cc(C#N)ccc1-c1ccc(-n2c3ccc(-n4c5ccccc5c5ccccc54)cc3c3cc(-n4c5ccccc5c5ccccc54)ccc32)c(-c2ccccc2)c1. The van der Waals surface area contributed by atoms with Crippen molar-refractivity contribution in [2.45, 2.75) is 0 Å². The minimum Gasteiger partial charge on any atom is -0.309 e. The molecule has 0 unspecified atom stereocenters. The summed E-state index contributed by atoms with van der Waals surface area (Å²) in [5, 5.41) is 16.8. The predicted octanol–water partition coefficient (Wildman–Crippen LogP) is 14.7. The highest BCUT2D eigenvalue weighted by atomic mass is 15.0. The van der Waals surface area contributed by atoms with E-state index in [1.54, 1.807) is 12.1 Å². The molecule has 3 aromatic heterocycles. The molecule has 282 valence electrons. The summed E-state index contributed by atoms with van der Waals surface area (Å²) in [6.45, 7) is 7.98. The molecule has 0 aliphatic heterocycles. The van der Waals surface area contributed by atoms with E-state index in [4.69, 9.17) is 6.57 Å². The van der Waals surface area contributed by atoms with Crippen molar-refractivity contribution < 1.29 is 0 Å². The standard InChI is InChI=1S/C56H33N5/c1-58-49-31-36(35-57)23-27-41(49)38-24-28-54(46(32-38)37-13-3-2-4-14-37)61-55-29-25-39(59-50-19-9-5-15-42(50)43-16-6-10-20-51(43)59)33-47(55)48-34-40(26-30-56(48)61)60-52-21-11-7-17-44(52)45-18-8-12-22-53(45)60/h2-34H. The van der Waals surface area contributed by atoms with E-state index in [9.17, 15) is 5.26 Å². The van der Waals surface area contributed by atoms with Gasteiger partial charge in [-0.2, -0.15) is 5.26 Å². The van der Waals surface area contributed by atoms with E-state index in [-0.39, 0.29) is 0 Å². The van der Waals surface area contributed by atoms with Gasteiger partial charge >= 0.3 is 0 Å². The molecular weight excluding hydrogens is 743 g/mol. The Morgan fingerprint density at radius 3 is 1.34 bits per heavy atom. The van der Waals surface area contributed by atoms with Gasteiger partial charge in [-0.05, 0) is 102 Å². The topological polar surface area (TPSA) is 42.9 Å². The second-order valence-corrected chi connectivity index (χ2v) is 15.5. The average Bonchev–Trinajstić information content (AvgIpc) is 3.96. The molecule has 9 aromatic carbocycles. The van der Waals surface area contributed by atoms with Gasteiger partial charge in [-0.1, -0.05) is 115 Å². The first-order chi connectivity index (χ1) is 30.2. The summed E-state index contributed by atoms with van der Waals surface area (Å²) in [6, 6.07) is 72.9. The Morgan fingerprint density at radius 2 is 0.852 bits per heavy atom. The molecule has 0 radical (unpaired) electrons.